The van der Waals surface area contributed by atoms with E-state index in [1.54, 1.807) is 18.2 Å². The van der Waals surface area contributed by atoms with E-state index in [1.807, 2.05) is 32.0 Å². The number of hydrogen-bond acceptors (Lipinski definition) is 4. The van der Waals surface area contributed by atoms with Gasteiger partial charge in [0.25, 0.3) is 11.8 Å². The lowest BCUT2D eigenvalue weighted by Crippen LogP contribution is -2.53. The Balaban J connectivity index is 1.73. The van der Waals surface area contributed by atoms with Gasteiger partial charge in [0.2, 0.25) is 0 Å². The van der Waals surface area contributed by atoms with Crippen molar-refractivity contribution in [1.82, 2.24) is 14.8 Å². The molecule has 3 heterocycles. The van der Waals surface area contributed by atoms with Gasteiger partial charge in [-0.15, -0.1) is 0 Å². The number of aryl methyl sites for hydroxylation is 2. The quantitative estimate of drug-likeness (QED) is 0.504. The average Bonchev–Trinajstić information content (AvgIpc) is 3.36. The van der Waals surface area contributed by atoms with Crippen LogP contribution in [-0.4, -0.2) is 27.3 Å². The third kappa shape index (κ3) is 3.70. The first kappa shape index (κ1) is 20.4. The van der Waals surface area contributed by atoms with Crippen LogP contribution in [0.1, 0.15) is 35.2 Å². The average molecular weight is 417 g/mol. The van der Waals surface area contributed by atoms with E-state index in [1.165, 1.54) is 11.8 Å². The minimum Gasteiger partial charge on any atom is -0.467 e. The summed E-state index contributed by atoms with van der Waals surface area (Å²) in [4.78, 5) is 38.6. The molecule has 1 fully saturated rings. The fourth-order valence-corrected chi connectivity index (χ4v) is 3.88. The third-order valence-electron chi connectivity index (χ3n) is 5.46. The predicted molar refractivity (Wildman–Crippen MR) is 115 cm³/mol. The van der Waals surface area contributed by atoms with Crippen LogP contribution < -0.4 is 5.32 Å². The van der Waals surface area contributed by atoms with Crippen molar-refractivity contribution in [3.05, 3.63) is 82.6 Å². The molecule has 1 aliphatic heterocycles. The summed E-state index contributed by atoms with van der Waals surface area (Å²) in [6.45, 7) is 5.98. The maximum Gasteiger partial charge on any atom is 0.331 e. The Morgan fingerprint density at radius 2 is 1.84 bits per heavy atom. The molecule has 0 spiro atoms. The summed E-state index contributed by atoms with van der Waals surface area (Å²) in [5.41, 5.74) is 4.81. The molecule has 31 heavy (non-hydrogen) atoms. The van der Waals surface area contributed by atoms with Crippen molar-refractivity contribution in [1.29, 1.82) is 0 Å². The molecule has 0 saturated carbocycles. The molecule has 2 aromatic heterocycles. The van der Waals surface area contributed by atoms with Crippen molar-refractivity contribution < 1.29 is 18.8 Å². The van der Waals surface area contributed by atoms with Gasteiger partial charge in [-0.1, -0.05) is 25.1 Å². The Morgan fingerprint density at radius 3 is 2.55 bits per heavy atom. The zero-order valence-corrected chi connectivity index (χ0v) is 17.6. The second kappa shape index (κ2) is 8.10. The highest BCUT2D eigenvalue weighted by molar-refractivity contribution is 6.31. The number of carbonyl (C=O) groups is 3. The monoisotopic (exact) mass is 417 g/mol. The summed E-state index contributed by atoms with van der Waals surface area (Å²) in [7, 11) is 0. The number of furan rings is 1. The molecule has 4 rings (SSSR count). The van der Waals surface area contributed by atoms with Gasteiger partial charge in [0.1, 0.15) is 11.3 Å². The van der Waals surface area contributed by atoms with Crippen LogP contribution in [0, 0.1) is 13.8 Å². The topological polar surface area (TPSA) is 84.6 Å². The van der Waals surface area contributed by atoms with Crippen LogP contribution in [-0.2, 0) is 22.6 Å². The zero-order chi connectivity index (χ0) is 22.1. The van der Waals surface area contributed by atoms with Crippen molar-refractivity contribution in [2.45, 2.75) is 33.7 Å². The molecule has 1 aromatic carbocycles. The van der Waals surface area contributed by atoms with Gasteiger partial charge in [-0.25, -0.2) is 4.79 Å². The zero-order valence-electron chi connectivity index (χ0n) is 17.6. The number of imide groups is 2. The molecule has 1 saturated heterocycles. The Hall–Kier alpha value is -3.87. The fourth-order valence-electron chi connectivity index (χ4n) is 3.88. The normalized spacial score (nSPS) is 15.6. The van der Waals surface area contributed by atoms with Gasteiger partial charge in [-0.3, -0.25) is 19.8 Å². The van der Waals surface area contributed by atoms with E-state index in [4.69, 9.17) is 4.42 Å². The van der Waals surface area contributed by atoms with Gasteiger partial charge in [-0.05, 0) is 61.7 Å². The Labute approximate surface area is 180 Å². The van der Waals surface area contributed by atoms with Gasteiger partial charge < -0.3 is 8.98 Å². The third-order valence-corrected chi connectivity index (χ3v) is 5.46. The number of benzene rings is 1. The number of para-hydroxylation sites is 1. The summed E-state index contributed by atoms with van der Waals surface area (Å²) in [5, 5.41) is 2.24. The number of urea groups is 1. The van der Waals surface area contributed by atoms with Crippen LogP contribution in [0.25, 0.3) is 11.8 Å². The molecule has 0 atom stereocenters. The van der Waals surface area contributed by atoms with Crippen LogP contribution in [0.15, 0.2) is 58.7 Å². The standard InChI is InChI=1S/C24H23N3O4/c1-4-17-8-5-6-10-21(17)27-15(2)12-18(16(27)3)13-20-22(28)25-24(30)26(23(20)29)14-19-9-7-11-31-19/h5-13H,4,14H2,1-3H3,(H,25,28,30)/b20-13+. The van der Waals surface area contributed by atoms with Crippen molar-refractivity contribution in [3.63, 3.8) is 0 Å². The molecule has 0 aliphatic carbocycles. The predicted octanol–water partition coefficient (Wildman–Crippen LogP) is 3.91. The van der Waals surface area contributed by atoms with E-state index in [9.17, 15) is 14.4 Å². The Kier molecular flexibility index (Phi) is 5.33. The first-order valence-corrected chi connectivity index (χ1v) is 10.1. The molecule has 0 bridgehead atoms. The van der Waals surface area contributed by atoms with Crippen LogP contribution in [0.5, 0.6) is 0 Å². The molecule has 0 radical (unpaired) electrons. The SMILES string of the molecule is CCc1ccccc1-n1c(C)cc(/C=C2\C(=O)NC(=O)N(Cc3ccco3)C2=O)c1C. The highest BCUT2D eigenvalue weighted by Crippen LogP contribution is 2.26. The smallest absolute Gasteiger partial charge is 0.331 e. The van der Waals surface area contributed by atoms with Gasteiger partial charge in [0.05, 0.1) is 12.8 Å². The summed E-state index contributed by atoms with van der Waals surface area (Å²) in [6.07, 6.45) is 3.90. The number of nitrogens with zero attached hydrogens (tertiary/aromatic N) is 2. The van der Waals surface area contributed by atoms with Gasteiger partial charge in [0, 0.05) is 17.1 Å². The molecule has 7 heteroatoms. The van der Waals surface area contributed by atoms with Gasteiger partial charge in [0.15, 0.2) is 0 Å². The second-order valence-electron chi connectivity index (χ2n) is 7.43. The summed E-state index contributed by atoms with van der Waals surface area (Å²) < 4.78 is 7.35. The molecule has 1 N–H and O–H groups in total. The number of barbiturate groups is 1. The fraction of sp³-hybridized carbons (Fsp3) is 0.208. The van der Waals surface area contributed by atoms with E-state index in [2.05, 4.69) is 28.9 Å². The molecule has 158 valence electrons. The van der Waals surface area contributed by atoms with Crippen LogP contribution in [0.3, 0.4) is 0 Å². The number of carbonyl (C=O) groups excluding carboxylic acids is 3. The summed E-state index contributed by atoms with van der Waals surface area (Å²) in [6, 6.07) is 12.7. The minimum absolute atomic E-state index is 0.0504. The summed E-state index contributed by atoms with van der Waals surface area (Å²) >= 11 is 0. The molecule has 7 nitrogen and oxygen atoms in total. The minimum atomic E-state index is -0.758. The number of aromatic nitrogens is 1. The van der Waals surface area contributed by atoms with Gasteiger partial charge in [-0.2, -0.15) is 0 Å². The van der Waals surface area contributed by atoms with Crippen LogP contribution in [0.4, 0.5) is 4.79 Å². The number of amides is 4. The van der Waals surface area contributed by atoms with Crippen molar-refractivity contribution >= 4 is 23.9 Å². The maximum atomic E-state index is 13.0. The molecular formula is C24H23N3O4. The molecule has 3 aromatic rings. The van der Waals surface area contributed by atoms with E-state index in [0.29, 0.717) is 5.76 Å². The highest BCUT2D eigenvalue weighted by atomic mass is 16.3. The van der Waals surface area contributed by atoms with E-state index < -0.39 is 17.8 Å². The maximum absolute atomic E-state index is 13.0. The number of rotatable bonds is 5. The lowest BCUT2D eigenvalue weighted by Gasteiger charge is -2.25. The van der Waals surface area contributed by atoms with E-state index in [-0.39, 0.29) is 12.1 Å². The van der Waals surface area contributed by atoms with Crippen molar-refractivity contribution in [2.24, 2.45) is 0 Å². The van der Waals surface area contributed by atoms with Gasteiger partial charge >= 0.3 is 6.03 Å². The van der Waals surface area contributed by atoms with E-state index >= 15 is 0 Å². The molecule has 4 amide bonds. The molecule has 0 unspecified atom stereocenters. The van der Waals surface area contributed by atoms with Crippen LogP contribution in [0.2, 0.25) is 0 Å². The largest absolute Gasteiger partial charge is 0.467 e. The summed E-state index contributed by atoms with van der Waals surface area (Å²) in [5.74, 6) is -0.903. The lowest BCUT2D eigenvalue weighted by atomic mass is 10.1. The van der Waals surface area contributed by atoms with Crippen LogP contribution >= 0.6 is 0 Å². The first-order chi connectivity index (χ1) is 14.9. The van der Waals surface area contributed by atoms with E-state index in [0.717, 1.165) is 34.0 Å². The number of hydrogen-bond donors (Lipinski definition) is 1. The van der Waals surface area contributed by atoms with Crippen molar-refractivity contribution in [3.8, 4) is 5.69 Å². The molecular weight excluding hydrogens is 394 g/mol. The van der Waals surface area contributed by atoms with Crippen molar-refractivity contribution in [2.75, 3.05) is 0 Å². The lowest BCUT2D eigenvalue weighted by molar-refractivity contribution is -0.130. The highest BCUT2D eigenvalue weighted by Gasteiger charge is 2.36. The molecule has 1 aliphatic rings. The first-order valence-electron chi connectivity index (χ1n) is 10.1. The Morgan fingerprint density at radius 1 is 1.06 bits per heavy atom. The number of nitrogens with one attached hydrogen (secondary N) is 1. The Bertz CT molecular complexity index is 1200. The second-order valence-corrected chi connectivity index (χ2v) is 7.43.